The van der Waals surface area contributed by atoms with E-state index in [0.717, 1.165) is 25.4 Å². The number of ether oxygens (including phenoxy) is 1. The van der Waals surface area contributed by atoms with Gasteiger partial charge >= 0.3 is 0 Å². The molecule has 3 aliphatic carbocycles. The van der Waals surface area contributed by atoms with Gasteiger partial charge in [0.15, 0.2) is 0 Å². The minimum Gasteiger partial charge on any atom is -0.381 e. The summed E-state index contributed by atoms with van der Waals surface area (Å²) in [4.78, 5) is 12.1. The van der Waals surface area contributed by atoms with Crippen LogP contribution in [-0.2, 0) is 9.53 Å². The van der Waals surface area contributed by atoms with E-state index >= 15 is 0 Å². The zero-order valence-electron chi connectivity index (χ0n) is 12.4. The molecule has 0 aliphatic heterocycles. The van der Waals surface area contributed by atoms with Crippen molar-refractivity contribution in [2.45, 2.75) is 63.5 Å². The first kappa shape index (κ1) is 14.3. The van der Waals surface area contributed by atoms with Crippen molar-refractivity contribution >= 4 is 5.91 Å². The highest BCUT2D eigenvalue weighted by Gasteiger charge is 2.39. The molecular weight excluding hydrogens is 252 g/mol. The summed E-state index contributed by atoms with van der Waals surface area (Å²) in [6, 6.07) is 0.722. The molecule has 0 aromatic carbocycles. The Morgan fingerprint density at radius 3 is 2.50 bits per heavy atom. The molecule has 4 heteroatoms. The van der Waals surface area contributed by atoms with Gasteiger partial charge in [-0.15, -0.1) is 0 Å². The van der Waals surface area contributed by atoms with Crippen molar-refractivity contribution in [3.63, 3.8) is 0 Å². The van der Waals surface area contributed by atoms with Gasteiger partial charge in [-0.05, 0) is 56.3 Å². The predicted molar refractivity (Wildman–Crippen MR) is 78.1 cm³/mol. The van der Waals surface area contributed by atoms with Gasteiger partial charge in [-0.1, -0.05) is 6.42 Å². The Morgan fingerprint density at radius 1 is 1.15 bits per heavy atom. The monoisotopic (exact) mass is 280 g/mol. The van der Waals surface area contributed by atoms with E-state index in [1.54, 1.807) is 0 Å². The van der Waals surface area contributed by atoms with Crippen molar-refractivity contribution in [1.82, 2.24) is 5.32 Å². The lowest BCUT2D eigenvalue weighted by atomic mass is 9.67. The highest BCUT2D eigenvalue weighted by Crippen LogP contribution is 2.39. The molecule has 2 unspecified atom stereocenters. The van der Waals surface area contributed by atoms with Gasteiger partial charge in [0, 0.05) is 25.1 Å². The fourth-order valence-electron chi connectivity index (χ4n) is 3.98. The molecule has 0 saturated heterocycles. The number of fused-ring (bicyclic) bond motifs is 2. The maximum absolute atomic E-state index is 12.1. The molecule has 0 heterocycles. The molecule has 3 N–H and O–H groups in total. The van der Waals surface area contributed by atoms with Crippen LogP contribution in [0.1, 0.15) is 51.4 Å². The number of hydrogen-bond acceptors (Lipinski definition) is 3. The highest BCUT2D eigenvalue weighted by molar-refractivity contribution is 5.76. The minimum absolute atomic E-state index is 0.165. The van der Waals surface area contributed by atoms with Crippen LogP contribution in [-0.4, -0.2) is 31.2 Å². The van der Waals surface area contributed by atoms with Gasteiger partial charge in [0.2, 0.25) is 5.91 Å². The predicted octanol–water partition coefficient (Wildman–Crippen LogP) is 1.83. The van der Waals surface area contributed by atoms with Crippen LogP contribution in [0, 0.1) is 17.8 Å². The van der Waals surface area contributed by atoms with E-state index in [1.807, 2.05) is 0 Å². The van der Waals surface area contributed by atoms with Crippen molar-refractivity contribution in [1.29, 1.82) is 0 Å². The number of carbonyl (C=O) groups excluding carboxylic acids is 1. The topological polar surface area (TPSA) is 64.3 Å². The van der Waals surface area contributed by atoms with Gasteiger partial charge < -0.3 is 15.8 Å². The Bertz CT molecular complexity index is 329. The number of nitrogens with one attached hydrogen (secondary N) is 1. The van der Waals surface area contributed by atoms with Crippen LogP contribution in [0.2, 0.25) is 0 Å². The minimum atomic E-state index is 0.165. The molecule has 114 valence electrons. The summed E-state index contributed by atoms with van der Waals surface area (Å²) in [6.07, 6.45) is 9.04. The fourth-order valence-corrected chi connectivity index (χ4v) is 3.98. The van der Waals surface area contributed by atoms with Crippen LogP contribution in [0.25, 0.3) is 0 Å². The summed E-state index contributed by atoms with van der Waals surface area (Å²) < 4.78 is 5.55. The first-order chi connectivity index (χ1) is 9.72. The highest BCUT2D eigenvalue weighted by atomic mass is 16.5. The number of carbonyl (C=O) groups is 1. The number of hydrogen-bond donors (Lipinski definition) is 2. The van der Waals surface area contributed by atoms with E-state index in [4.69, 9.17) is 10.5 Å². The van der Waals surface area contributed by atoms with E-state index in [2.05, 4.69) is 5.32 Å². The second-order valence-electron chi connectivity index (χ2n) is 7.04. The third kappa shape index (κ3) is 3.73. The molecule has 1 amide bonds. The van der Waals surface area contributed by atoms with Crippen molar-refractivity contribution in [2.75, 3.05) is 13.2 Å². The molecule has 2 atom stereocenters. The van der Waals surface area contributed by atoms with Crippen LogP contribution >= 0.6 is 0 Å². The molecule has 0 aromatic heterocycles. The quantitative estimate of drug-likeness (QED) is 0.730. The van der Waals surface area contributed by atoms with Crippen LogP contribution in [0.4, 0.5) is 0 Å². The molecule has 3 aliphatic rings. The molecular formula is C16H28N2O2. The molecule has 4 nitrogen and oxygen atoms in total. The normalized spacial score (nSPS) is 36.6. The summed E-state index contributed by atoms with van der Waals surface area (Å²) in [6.45, 7) is 1.42. The molecule has 0 radical (unpaired) electrons. The van der Waals surface area contributed by atoms with Crippen LogP contribution in [0.15, 0.2) is 0 Å². The number of amides is 1. The smallest absolute Gasteiger partial charge is 0.222 e. The maximum Gasteiger partial charge on any atom is 0.222 e. The molecule has 20 heavy (non-hydrogen) atoms. The first-order valence-electron chi connectivity index (χ1n) is 8.35. The second-order valence-corrected chi connectivity index (χ2v) is 7.04. The first-order valence-corrected chi connectivity index (χ1v) is 8.35. The Kier molecular flexibility index (Phi) is 4.61. The summed E-state index contributed by atoms with van der Waals surface area (Å²) in [7, 11) is 0. The summed E-state index contributed by atoms with van der Waals surface area (Å²) >= 11 is 0. The Hall–Kier alpha value is -0.610. The number of nitrogens with two attached hydrogens (primary N) is 1. The van der Waals surface area contributed by atoms with E-state index < -0.39 is 0 Å². The average Bonchev–Trinajstić information content (AvgIpc) is 3.20. The van der Waals surface area contributed by atoms with Crippen molar-refractivity contribution in [3.05, 3.63) is 0 Å². The molecule has 3 rings (SSSR count). The van der Waals surface area contributed by atoms with E-state index in [-0.39, 0.29) is 5.91 Å². The molecule has 2 bridgehead atoms. The van der Waals surface area contributed by atoms with E-state index in [0.29, 0.717) is 36.9 Å². The zero-order valence-corrected chi connectivity index (χ0v) is 12.4. The molecule has 0 aromatic rings. The van der Waals surface area contributed by atoms with Crippen molar-refractivity contribution in [2.24, 2.45) is 23.5 Å². The summed E-state index contributed by atoms with van der Waals surface area (Å²) in [5.74, 6) is 2.15. The Morgan fingerprint density at radius 2 is 1.85 bits per heavy atom. The summed E-state index contributed by atoms with van der Waals surface area (Å²) in [5, 5.41) is 3.27. The lowest BCUT2D eigenvalue weighted by molar-refractivity contribution is -0.124. The van der Waals surface area contributed by atoms with Gasteiger partial charge in [-0.2, -0.15) is 0 Å². The standard InChI is InChI=1S/C16H28N2O2/c17-14-8-12-2-1-3-13(9-14)16(12)18-15(19)6-7-20-10-11-4-5-11/h11-14,16H,1-10,17H2,(H,18,19). The maximum atomic E-state index is 12.1. The average molecular weight is 280 g/mol. The van der Waals surface area contributed by atoms with Gasteiger partial charge in [-0.3, -0.25) is 4.79 Å². The largest absolute Gasteiger partial charge is 0.381 e. The van der Waals surface area contributed by atoms with Crippen LogP contribution in [0.5, 0.6) is 0 Å². The second kappa shape index (κ2) is 6.44. The number of rotatable bonds is 6. The molecule has 3 saturated carbocycles. The Balaban J connectivity index is 1.40. The molecule has 0 spiro atoms. The lowest BCUT2D eigenvalue weighted by Gasteiger charge is -2.45. The van der Waals surface area contributed by atoms with Crippen LogP contribution < -0.4 is 11.1 Å². The summed E-state index contributed by atoms with van der Waals surface area (Å²) in [5.41, 5.74) is 6.12. The van der Waals surface area contributed by atoms with Crippen molar-refractivity contribution in [3.8, 4) is 0 Å². The van der Waals surface area contributed by atoms with E-state index in [1.165, 1.54) is 32.1 Å². The van der Waals surface area contributed by atoms with Gasteiger partial charge in [-0.25, -0.2) is 0 Å². The van der Waals surface area contributed by atoms with Crippen molar-refractivity contribution < 1.29 is 9.53 Å². The molecule has 3 fully saturated rings. The van der Waals surface area contributed by atoms with Gasteiger partial charge in [0.05, 0.1) is 6.61 Å². The fraction of sp³-hybridized carbons (Fsp3) is 0.938. The third-order valence-electron chi connectivity index (χ3n) is 5.23. The third-order valence-corrected chi connectivity index (χ3v) is 5.23. The lowest BCUT2D eigenvalue weighted by Crippen LogP contribution is -2.53. The van der Waals surface area contributed by atoms with Gasteiger partial charge in [0.1, 0.15) is 0 Å². The van der Waals surface area contributed by atoms with E-state index in [9.17, 15) is 4.79 Å². The SMILES string of the molecule is NC1CC2CCCC(C1)C2NC(=O)CCOCC1CC1. The Labute approximate surface area is 121 Å². The zero-order chi connectivity index (χ0) is 13.9. The van der Waals surface area contributed by atoms with Crippen LogP contribution in [0.3, 0.4) is 0 Å². The van der Waals surface area contributed by atoms with Gasteiger partial charge in [0.25, 0.3) is 0 Å².